The van der Waals surface area contributed by atoms with E-state index in [1.54, 1.807) is 26.0 Å². The first-order valence-electron chi connectivity index (χ1n) is 22.5. The maximum Gasteiger partial charge on any atom is 0.324 e. The lowest BCUT2D eigenvalue weighted by Gasteiger charge is -2.30. The molecule has 2 saturated heterocycles. The molecule has 2 aliphatic rings. The Kier molecular flexibility index (Phi) is 17.8. The second-order valence-electron chi connectivity index (χ2n) is 17.1. The third-order valence-electron chi connectivity index (χ3n) is 11.0. The number of anilines is 5. The van der Waals surface area contributed by atoms with E-state index in [4.69, 9.17) is 45.3 Å². The van der Waals surface area contributed by atoms with Gasteiger partial charge < -0.3 is 48.8 Å². The molecule has 6 aromatic heterocycles. The van der Waals surface area contributed by atoms with Gasteiger partial charge in [0.2, 0.25) is 11.5 Å². The van der Waals surface area contributed by atoms with Crippen molar-refractivity contribution in [3.05, 3.63) is 65.1 Å². The molecule has 8 rings (SSSR count). The Hall–Kier alpha value is -6.67. The molecule has 2 fully saturated rings. The Morgan fingerprint density at radius 1 is 0.662 bits per heavy atom. The number of nitrogens with zero attached hydrogens (tertiary/aromatic N) is 12. The fourth-order valence-electron chi connectivity index (χ4n) is 6.89. The summed E-state index contributed by atoms with van der Waals surface area (Å²) in [6.45, 7) is 14.5. The highest BCUT2D eigenvalue weighted by Gasteiger charge is 2.28. The number of nitrogens with two attached hydrogens (primary N) is 1. The predicted molar refractivity (Wildman–Crippen MR) is 263 cm³/mol. The van der Waals surface area contributed by atoms with Gasteiger partial charge in [0.05, 0.1) is 37.0 Å². The third-order valence-corrected chi connectivity index (χ3v) is 13.2. The van der Waals surface area contributed by atoms with Gasteiger partial charge in [0.15, 0.2) is 52.3 Å². The number of hydrogen-bond acceptors (Lipinski definition) is 24. The SMILES string of the molecule is COc1c(Cl)ncnc1OC1CCN(c2nc(C(C)C)no2)CC1.COc1c(Nc2ccc(S(C)(=O)=O)nc2C)ncnc1OC1CCN(c2nc(C(C)C)no2)CC1.Cc1nc(S(C)(=O)=O)ccc1N. The monoisotopic (exact) mass is 1040 g/mol. The first-order chi connectivity index (χ1) is 33.6. The van der Waals surface area contributed by atoms with Crippen LogP contribution in [-0.4, -0.2) is 132 Å². The molecule has 71 heavy (non-hydrogen) atoms. The Morgan fingerprint density at radius 3 is 1.54 bits per heavy atom. The molecule has 384 valence electrons. The number of halogens is 1. The molecule has 24 nitrogen and oxygen atoms in total. The summed E-state index contributed by atoms with van der Waals surface area (Å²) in [5.41, 5.74) is 7.61. The number of piperidine rings is 2. The van der Waals surface area contributed by atoms with Crippen LogP contribution in [0, 0.1) is 13.8 Å². The number of nitrogens with one attached hydrogen (secondary N) is 1. The molecule has 0 saturated carbocycles. The molecular weight excluding hydrogens is 984 g/mol. The average Bonchev–Trinajstić information content (AvgIpc) is 4.04. The number of aromatic nitrogens is 10. The van der Waals surface area contributed by atoms with Crippen LogP contribution in [0.15, 0.2) is 56.0 Å². The smallest absolute Gasteiger partial charge is 0.324 e. The van der Waals surface area contributed by atoms with Crippen molar-refractivity contribution in [2.75, 3.05) is 73.8 Å². The molecule has 27 heteroatoms. The predicted octanol–water partition coefficient (Wildman–Crippen LogP) is 5.96. The van der Waals surface area contributed by atoms with Crippen molar-refractivity contribution in [1.29, 1.82) is 0 Å². The number of aryl methyl sites for hydroxylation is 2. The number of ether oxygens (including phenoxy) is 4. The largest absolute Gasteiger partial charge is 0.489 e. The van der Waals surface area contributed by atoms with Crippen molar-refractivity contribution in [3.63, 3.8) is 0 Å². The molecule has 0 amide bonds. The zero-order valence-corrected chi connectivity index (χ0v) is 43.5. The van der Waals surface area contributed by atoms with Crippen molar-refractivity contribution < 1.29 is 44.8 Å². The molecule has 3 N–H and O–H groups in total. The molecule has 0 aromatic carbocycles. The highest BCUT2D eigenvalue weighted by atomic mass is 35.5. The van der Waals surface area contributed by atoms with Gasteiger partial charge in [0, 0.05) is 76.2 Å². The Morgan fingerprint density at radius 2 is 1.11 bits per heavy atom. The van der Waals surface area contributed by atoms with E-state index in [0.717, 1.165) is 57.1 Å². The van der Waals surface area contributed by atoms with Crippen molar-refractivity contribution in [1.82, 2.24) is 50.2 Å². The van der Waals surface area contributed by atoms with Gasteiger partial charge in [-0.2, -0.15) is 19.9 Å². The summed E-state index contributed by atoms with van der Waals surface area (Å²) < 4.78 is 79.1. The van der Waals surface area contributed by atoms with Crippen molar-refractivity contribution in [2.24, 2.45) is 0 Å². The summed E-state index contributed by atoms with van der Waals surface area (Å²) in [4.78, 5) is 37.6. The van der Waals surface area contributed by atoms with Gasteiger partial charge in [-0.1, -0.05) is 49.6 Å². The van der Waals surface area contributed by atoms with Gasteiger partial charge in [0.25, 0.3) is 11.8 Å². The molecule has 8 heterocycles. The standard InChI is InChI=1S/C22H29N7O5S.C15H20ClN5O3.C7H10N2O2S/c1-13(2)19-27-22(34-28-19)29-10-8-15(9-11-29)33-21-18(32-4)20(23-12-24-21)26-16-6-7-17(25-14(16)3)35(5,30)31;1-9(2)13-19-15(24-20-13)21-6-4-10(5-7-21)23-14-11(22-3)12(16)17-8-18-14;1-5-6(8)3-4-7(9-5)12(2,10)11/h6-7,12-13,15H,8-11H2,1-5H3,(H,23,24,26);8-10H,4-7H2,1-3H3;3-4H,8H2,1-2H3. The van der Waals surface area contributed by atoms with Crippen LogP contribution in [0.3, 0.4) is 0 Å². The zero-order chi connectivity index (χ0) is 51.6. The fourth-order valence-corrected chi connectivity index (χ4v) is 8.33. The highest BCUT2D eigenvalue weighted by Crippen LogP contribution is 2.36. The number of nitrogen functional groups attached to an aromatic ring is 1. The van der Waals surface area contributed by atoms with Crippen LogP contribution in [0.4, 0.5) is 29.2 Å². The van der Waals surface area contributed by atoms with Crippen LogP contribution >= 0.6 is 11.6 Å². The second-order valence-corrected chi connectivity index (χ2v) is 21.4. The minimum atomic E-state index is -3.40. The van der Waals surface area contributed by atoms with Crippen molar-refractivity contribution >= 4 is 60.5 Å². The van der Waals surface area contributed by atoms with Crippen molar-refractivity contribution in [2.45, 2.75) is 101 Å². The molecular formula is C44H59ClN14O10S2. The zero-order valence-electron chi connectivity index (χ0n) is 41.2. The lowest BCUT2D eigenvalue weighted by atomic mass is 10.1. The number of sulfone groups is 2. The van der Waals surface area contributed by atoms with Crippen LogP contribution in [0.5, 0.6) is 23.3 Å². The molecule has 0 spiro atoms. The lowest BCUT2D eigenvalue weighted by molar-refractivity contribution is 0.155. The van der Waals surface area contributed by atoms with Crippen molar-refractivity contribution in [3.8, 4) is 23.3 Å². The minimum absolute atomic E-state index is 0.00604. The van der Waals surface area contributed by atoms with Crippen LogP contribution in [-0.2, 0) is 19.7 Å². The normalized spacial score (nSPS) is 14.6. The summed E-state index contributed by atoms with van der Waals surface area (Å²) >= 11 is 5.99. The summed E-state index contributed by atoms with van der Waals surface area (Å²) in [6.07, 6.45) is 8.03. The maximum absolute atomic E-state index is 11.8. The average molecular weight is 1040 g/mol. The van der Waals surface area contributed by atoms with Gasteiger partial charge in [-0.15, -0.1) is 0 Å². The van der Waals surface area contributed by atoms with E-state index in [0.29, 0.717) is 82.8 Å². The van der Waals surface area contributed by atoms with E-state index < -0.39 is 19.7 Å². The molecule has 0 aliphatic carbocycles. The van der Waals surface area contributed by atoms with E-state index in [1.165, 1.54) is 39.0 Å². The van der Waals surface area contributed by atoms with Gasteiger partial charge in [0.1, 0.15) is 24.9 Å². The summed E-state index contributed by atoms with van der Waals surface area (Å²) in [5.74, 6) is 3.66. The molecule has 0 radical (unpaired) electrons. The Labute approximate surface area is 417 Å². The van der Waals surface area contributed by atoms with Crippen LogP contribution in [0.1, 0.15) is 88.3 Å². The van der Waals surface area contributed by atoms with E-state index in [2.05, 4.69) is 65.3 Å². The molecule has 0 unspecified atom stereocenters. The third kappa shape index (κ3) is 14.2. The fraction of sp³-hybridized carbons (Fsp3) is 0.500. The first-order valence-corrected chi connectivity index (χ1v) is 26.6. The van der Waals surface area contributed by atoms with Crippen LogP contribution in [0.25, 0.3) is 0 Å². The summed E-state index contributed by atoms with van der Waals surface area (Å²) in [7, 11) is -3.58. The number of methoxy groups -OCH3 is 2. The van der Waals surface area contributed by atoms with Crippen LogP contribution in [0.2, 0.25) is 5.15 Å². The number of pyridine rings is 2. The number of hydrogen-bond donors (Lipinski definition) is 2. The topological polar surface area (TPSA) is 305 Å². The molecule has 6 aromatic rings. The Bertz CT molecular complexity index is 2960. The first kappa shape index (κ1) is 53.7. The number of rotatable bonds is 14. The molecule has 2 aliphatic heterocycles. The minimum Gasteiger partial charge on any atom is -0.489 e. The second kappa shape index (κ2) is 23.5. The van der Waals surface area contributed by atoms with Gasteiger partial charge >= 0.3 is 12.0 Å². The maximum atomic E-state index is 11.8. The van der Waals surface area contributed by atoms with Gasteiger partial charge in [-0.3, -0.25) is 0 Å². The van der Waals surface area contributed by atoms with Gasteiger partial charge in [-0.05, 0) is 38.1 Å². The van der Waals surface area contributed by atoms with E-state index in [9.17, 15) is 16.8 Å². The van der Waals surface area contributed by atoms with E-state index in [1.807, 2.05) is 27.7 Å². The van der Waals surface area contributed by atoms with E-state index >= 15 is 0 Å². The Balaban J connectivity index is 0.000000197. The lowest BCUT2D eigenvalue weighted by Crippen LogP contribution is -2.38. The van der Waals surface area contributed by atoms with E-state index in [-0.39, 0.29) is 39.2 Å². The highest BCUT2D eigenvalue weighted by molar-refractivity contribution is 7.90. The van der Waals surface area contributed by atoms with Crippen LogP contribution < -0.4 is 39.8 Å². The summed E-state index contributed by atoms with van der Waals surface area (Å²) in [6, 6.07) is 7.12. The molecule has 0 bridgehead atoms. The summed E-state index contributed by atoms with van der Waals surface area (Å²) in [5, 5.41) is 11.5. The quantitative estimate of drug-likeness (QED) is 0.119. The molecule has 0 atom stereocenters. The van der Waals surface area contributed by atoms with Gasteiger partial charge in [-0.25, -0.2) is 36.8 Å².